The largest absolute Gasteiger partial charge is 0.322 e. The highest BCUT2D eigenvalue weighted by Gasteiger charge is 2.04. The van der Waals surface area contributed by atoms with Gasteiger partial charge in [-0.1, -0.05) is 24.3 Å². The molecule has 1 radical (unpaired) electrons. The van der Waals surface area contributed by atoms with Crippen LogP contribution in [-0.2, 0) is 5.11 Å². The van der Waals surface area contributed by atoms with Gasteiger partial charge in [0, 0.05) is 23.6 Å². The molecule has 0 bridgehead atoms. The Morgan fingerprint density at radius 3 is 2.74 bits per heavy atom. The maximum Gasteiger partial charge on any atom is 0.255 e. The van der Waals surface area contributed by atoms with Crippen LogP contribution in [0.25, 0.3) is 6.08 Å². The fourth-order valence-electron chi connectivity index (χ4n) is 1.61. The predicted molar refractivity (Wildman–Crippen MR) is 73.2 cm³/mol. The SMILES string of the molecule is [O]CC=Cc1cccc(NC(=O)c2ccncc2)c1. The third kappa shape index (κ3) is 3.76. The van der Waals surface area contributed by atoms with Crippen molar-refractivity contribution in [1.29, 1.82) is 0 Å². The zero-order valence-electron chi connectivity index (χ0n) is 10.2. The molecule has 1 aromatic heterocycles. The Hall–Kier alpha value is -2.46. The number of hydrogen-bond donors (Lipinski definition) is 1. The second kappa shape index (κ2) is 6.47. The standard InChI is InChI=1S/C15H13N2O2/c18-10-2-4-12-3-1-5-14(11-12)17-15(19)13-6-8-16-9-7-13/h1-9,11H,10H2,(H,17,19). The number of hydrogen-bond acceptors (Lipinski definition) is 2. The molecule has 1 N–H and O–H groups in total. The molecule has 0 fully saturated rings. The Bertz CT molecular complexity index is 580. The number of aromatic nitrogens is 1. The molecule has 2 aromatic rings. The fourth-order valence-corrected chi connectivity index (χ4v) is 1.61. The summed E-state index contributed by atoms with van der Waals surface area (Å²) in [6.45, 7) is -0.256. The molecule has 4 nitrogen and oxygen atoms in total. The highest BCUT2D eigenvalue weighted by molar-refractivity contribution is 6.04. The van der Waals surface area contributed by atoms with E-state index >= 15 is 0 Å². The lowest BCUT2D eigenvalue weighted by atomic mass is 10.1. The molecule has 0 aliphatic heterocycles. The van der Waals surface area contributed by atoms with E-state index in [2.05, 4.69) is 10.3 Å². The van der Waals surface area contributed by atoms with E-state index in [0.717, 1.165) is 5.56 Å². The third-order valence-electron chi connectivity index (χ3n) is 2.49. The average molecular weight is 253 g/mol. The number of carbonyl (C=O) groups excluding carboxylic acids is 1. The summed E-state index contributed by atoms with van der Waals surface area (Å²) in [6.07, 6.45) is 6.41. The molecular weight excluding hydrogens is 240 g/mol. The van der Waals surface area contributed by atoms with Crippen molar-refractivity contribution in [3.8, 4) is 0 Å². The molecule has 19 heavy (non-hydrogen) atoms. The van der Waals surface area contributed by atoms with Crippen LogP contribution < -0.4 is 5.32 Å². The zero-order chi connectivity index (χ0) is 13.5. The molecule has 4 heteroatoms. The number of rotatable bonds is 4. The number of amides is 1. The fraction of sp³-hybridized carbons (Fsp3) is 0.0667. The maximum absolute atomic E-state index is 11.9. The van der Waals surface area contributed by atoms with E-state index in [1.807, 2.05) is 18.2 Å². The summed E-state index contributed by atoms with van der Waals surface area (Å²) in [5.41, 5.74) is 2.12. The lowest BCUT2D eigenvalue weighted by Crippen LogP contribution is -2.11. The van der Waals surface area contributed by atoms with Crippen molar-refractivity contribution in [3.05, 3.63) is 66.0 Å². The number of nitrogens with zero attached hydrogens (tertiary/aromatic N) is 1. The van der Waals surface area contributed by atoms with Crippen molar-refractivity contribution < 1.29 is 9.90 Å². The van der Waals surface area contributed by atoms with Gasteiger partial charge in [0.05, 0.1) is 0 Å². The van der Waals surface area contributed by atoms with Crippen LogP contribution in [0.3, 0.4) is 0 Å². The van der Waals surface area contributed by atoms with Crippen molar-refractivity contribution in [2.24, 2.45) is 0 Å². The van der Waals surface area contributed by atoms with Crippen molar-refractivity contribution in [2.75, 3.05) is 11.9 Å². The van der Waals surface area contributed by atoms with Crippen LogP contribution in [0.15, 0.2) is 54.9 Å². The first kappa shape index (κ1) is 13.0. The first-order valence-corrected chi connectivity index (χ1v) is 5.85. The van der Waals surface area contributed by atoms with E-state index in [9.17, 15) is 9.90 Å². The summed E-state index contributed by atoms with van der Waals surface area (Å²) in [5, 5.41) is 13.2. The first-order chi connectivity index (χ1) is 9.29. The van der Waals surface area contributed by atoms with Gasteiger partial charge in [0.2, 0.25) is 0 Å². The van der Waals surface area contributed by atoms with E-state index in [4.69, 9.17) is 0 Å². The van der Waals surface area contributed by atoms with Crippen LogP contribution in [0.4, 0.5) is 5.69 Å². The number of nitrogens with one attached hydrogen (secondary N) is 1. The van der Waals surface area contributed by atoms with E-state index in [1.54, 1.807) is 36.7 Å². The highest BCUT2D eigenvalue weighted by atomic mass is 16.2. The van der Waals surface area contributed by atoms with Crippen LogP contribution in [-0.4, -0.2) is 17.5 Å². The minimum atomic E-state index is -0.256. The third-order valence-corrected chi connectivity index (χ3v) is 2.49. The molecule has 0 saturated carbocycles. The number of anilines is 1. The second-order valence-electron chi connectivity index (χ2n) is 3.88. The lowest BCUT2D eigenvalue weighted by Gasteiger charge is -2.05. The van der Waals surface area contributed by atoms with E-state index in [0.29, 0.717) is 11.3 Å². The molecule has 1 heterocycles. The van der Waals surface area contributed by atoms with Crippen molar-refractivity contribution in [3.63, 3.8) is 0 Å². The molecule has 0 aliphatic rings. The summed E-state index contributed by atoms with van der Waals surface area (Å²) >= 11 is 0. The molecule has 95 valence electrons. The topological polar surface area (TPSA) is 61.9 Å². The molecule has 2 rings (SSSR count). The molecule has 0 atom stereocenters. The van der Waals surface area contributed by atoms with Gasteiger partial charge >= 0.3 is 0 Å². The van der Waals surface area contributed by atoms with Crippen LogP contribution in [0.1, 0.15) is 15.9 Å². The minimum absolute atomic E-state index is 0.188. The minimum Gasteiger partial charge on any atom is -0.322 e. The van der Waals surface area contributed by atoms with Crippen molar-refractivity contribution in [1.82, 2.24) is 4.98 Å². The Morgan fingerprint density at radius 2 is 2.00 bits per heavy atom. The Kier molecular flexibility index (Phi) is 4.42. The molecular formula is C15H13N2O2. The monoisotopic (exact) mass is 253 g/mol. The average Bonchev–Trinajstić information content (AvgIpc) is 2.46. The molecule has 0 aliphatic carbocycles. The van der Waals surface area contributed by atoms with Gasteiger partial charge in [0.25, 0.3) is 5.91 Å². The van der Waals surface area contributed by atoms with E-state index in [-0.39, 0.29) is 12.5 Å². The first-order valence-electron chi connectivity index (χ1n) is 5.85. The van der Waals surface area contributed by atoms with E-state index < -0.39 is 0 Å². The van der Waals surface area contributed by atoms with E-state index in [1.165, 1.54) is 6.08 Å². The van der Waals surface area contributed by atoms with Gasteiger partial charge in [-0.3, -0.25) is 9.78 Å². The Balaban J connectivity index is 2.11. The van der Waals surface area contributed by atoms with Gasteiger partial charge < -0.3 is 5.32 Å². The van der Waals surface area contributed by atoms with Gasteiger partial charge in [-0.2, -0.15) is 0 Å². The number of pyridine rings is 1. The van der Waals surface area contributed by atoms with Gasteiger partial charge in [-0.05, 0) is 29.8 Å². The smallest absolute Gasteiger partial charge is 0.255 e. The summed E-state index contributed by atoms with van der Waals surface area (Å²) in [5.74, 6) is -0.188. The molecule has 1 amide bonds. The normalized spacial score (nSPS) is 10.6. The Labute approximate surface area is 111 Å². The quantitative estimate of drug-likeness (QED) is 0.910. The molecule has 1 aromatic carbocycles. The van der Waals surface area contributed by atoms with Crippen LogP contribution in [0.2, 0.25) is 0 Å². The van der Waals surface area contributed by atoms with Crippen LogP contribution in [0, 0.1) is 0 Å². The zero-order valence-corrected chi connectivity index (χ0v) is 10.2. The highest BCUT2D eigenvalue weighted by Crippen LogP contribution is 2.13. The van der Waals surface area contributed by atoms with Gasteiger partial charge in [0.15, 0.2) is 0 Å². The van der Waals surface area contributed by atoms with Crippen LogP contribution in [0.5, 0.6) is 0 Å². The summed E-state index contributed by atoms with van der Waals surface area (Å²) in [6, 6.07) is 10.6. The maximum atomic E-state index is 11.9. The number of benzene rings is 1. The molecule has 0 saturated heterocycles. The predicted octanol–water partition coefficient (Wildman–Crippen LogP) is 2.78. The second-order valence-corrected chi connectivity index (χ2v) is 3.88. The van der Waals surface area contributed by atoms with Gasteiger partial charge in [-0.25, -0.2) is 5.11 Å². The summed E-state index contributed by atoms with van der Waals surface area (Å²) in [7, 11) is 0. The summed E-state index contributed by atoms with van der Waals surface area (Å²) in [4.78, 5) is 15.8. The lowest BCUT2D eigenvalue weighted by molar-refractivity contribution is 0.102. The molecule has 0 spiro atoms. The van der Waals surface area contributed by atoms with Crippen LogP contribution >= 0.6 is 0 Å². The van der Waals surface area contributed by atoms with Gasteiger partial charge in [-0.15, -0.1) is 0 Å². The summed E-state index contributed by atoms with van der Waals surface area (Å²) < 4.78 is 0. The number of carbonyl (C=O) groups is 1. The van der Waals surface area contributed by atoms with Crippen molar-refractivity contribution in [2.45, 2.75) is 0 Å². The molecule has 0 unspecified atom stereocenters. The van der Waals surface area contributed by atoms with Crippen molar-refractivity contribution >= 4 is 17.7 Å². The Morgan fingerprint density at radius 1 is 1.21 bits per heavy atom. The van der Waals surface area contributed by atoms with Gasteiger partial charge in [0.1, 0.15) is 6.61 Å².